The van der Waals surface area contributed by atoms with Crippen molar-refractivity contribution in [3.8, 4) is 0 Å². The zero-order chi connectivity index (χ0) is 13.8. The summed E-state index contributed by atoms with van der Waals surface area (Å²) in [5.74, 6) is -0.843. The van der Waals surface area contributed by atoms with Crippen molar-refractivity contribution in [2.45, 2.75) is 23.0 Å². The third-order valence-corrected chi connectivity index (χ3v) is 3.84. The number of halogens is 2. The van der Waals surface area contributed by atoms with Gasteiger partial charge in [0.1, 0.15) is 11.6 Å². The highest BCUT2D eigenvalue weighted by atomic mass is 32.2. The van der Waals surface area contributed by atoms with E-state index in [0.717, 1.165) is 0 Å². The molecule has 2 nitrogen and oxygen atoms in total. The van der Waals surface area contributed by atoms with Crippen LogP contribution in [0.3, 0.4) is 0 Å². The maximum atomic E-state index is 13.1. The first-order valence-electron chi connectivity index (χ1n) is 5.60. The van der Waals surface area contributed by atoms with E-state index in [1.807, 2.05) is 0 Å². The fraction of sp³-hybridized carbons (Fsp3) is 0.143. The molecular weight excluding hydrogens is 270 g/mol. The van der Waals surface area contributed by atoms with Crippen molar-refractivity contribution in [2.24, 2.45) is 0 Å². The van der Waals surface area contributed by atoms with Crippen LogP contribution in [0, 0.1) is 11.6 Å². The smallest absolute Gasteiger partial charge is 0.123 e. The topological polar surface area (TPSA) is 40.5 Å². The SMILES string of the molecule is OCc1cc(F)ccc1Sc1ccc(F)cc1CO. The lowest BCUT2D eigenvalue weighted by Gasteiger charge is -2.10. The zero-order valence-corrected chi connectivity index (χ0v) is 10.8. The van der Waals surface area contributed by atoms with Gasteiger partial charge < -0.3 is 10.2 Å². The first kappa shape index (κ1) is 14.0. The lowest BCUT2D eigenvalue weighted by atomic mass is 10.2. The van der Waals surface area contributed by atoms with Gasteiger partial charge in [0.2, 0.25) is 0 Å². The summed E-state index contributed by atoms with van der Waals surface area (Å²) in [6, 6.07) is 8.20. The van der Waals surface area contributed by atoms with E-state index in [1.165, 1.54) is 36.0 Å². The normalized spacial score (nSPS) is 10.7. The quantitative estimate of drug-likeness (QED) is 0.905. The molecule has 0 aromatic heterocycles. The van der Waals surface area contributed by atoms with Crippen LogP contribution in [0.25, 0.3) is 0 Å². The fourth-order valence-corrected chi connectivity index (χ4v) is 2.68. The molecule has 0 aliphatic heterocycles. The van der Waals surface area contributed by atoms with E-state index in [-0.39, 0.29) is 13.2 Å². The molecule has 2 rings (SSSR count). The van der Waals surface area contributed by atoms with E-state index >= 15 is 0 Å². The predicted octanol–water partition coefficient (Wildman–Crippen LogP) is 3.10. The summed E-state index contributed by atoms with van der Waals surface area (Å²) in [7, 11) is 0. The zero-order valence-electron chi connectivity index (χ0n) is 9.94. The molecule has 2 aromatic carbocycles. The molecule has 2 N–H and O–H groups in total. The van der Waals surface area contributed by atoms with Crippen LogP contribution in [0.15, 0.2) is 46.2 Å². The lowest BCUT2D eigenvalue weighted by Crippen LogP contribution is -1.92. The Hall–Kier alpha value is -1.43. The number of hydrogen-bond donors (Lipinski definition) is 2. The molecule has 0 aliphatic carbocycles. The van der Waals surface area contributed by atoms with Gasteiger partial charge in [0.25, 0.3) is 0 Å². The average molecular weight is 282 g/mol. The van der Waals surface area contributed by atoms with Crippen molar-refractivity contribution in [3.63, 3.8) is 0 Å². The largest absolute Gasteiger partial charge is 0.392 e. The van der Waals surface area contributed by atoms with Crippen LogP contribution in [0.5, 0.6) is 0 Å². The van der Waals surface area contributed by atoms with Gasteiger partial charge in [-0.2, -0.15) is 0 Å². The van der Waals surface area contributed by atoms with Crippen molar-refractivity contribution in [1.29, 1.82) is 0 Å². The number of benzene rings is 2. The average Bonchev–Trinajstić information content (AvgIpc) is 2.42. The fourth-order valence-electron chi connectivity index (χ4n) is 1.66. The molecule has 0 fully saturated rings. The molecule has 0 aliphatic rings. The van der Waals surface area contributed by atoms with Crippen LogP contribution in [0.4, 0.5) is 8.78 Å². The number of aliphatic hydroxyl groups is 2. The van der Waals surface area contributed by atoms with Gasteiger partial charge in [0.05, 0.1) is 13.2 Å². The Balaban J connectivity index is 2.36. The Kier molecular flexibility index (Phi) is 4.52. The summed E-state index contributed by atoms with van der Waals surface area (Å²) in [6.45, 7) is -0.564. The van der Waals surface area contributed by atoms with Gasteiger partial charge in [0, 0.05) is 9.79 Å². The van der Waals surface area contributed by atoms with Crippen LogP contribution >= 0.6 is 11.8 Å². The third kappa shape index (κ3) is 3.32. The summed E-state index contributed by atoms with van der Waals surface area (Å²) in [5, 5.41) is 18.4. The molecule has 5 heteroatoms. The van der Waals surface area contributed by atoms with Gasteiger partial charge >= 0.3 is 0 Å². The van der Waals surface area contributed by atoms with E-state index in [4.69, 9.17) is 0 Å². The molecule has 2 aromatic rings. The highest BCUT2D eigenvalue weighted by Crippen LogP contribution is 2.33. The van der Waals surface area contributed by atoms with Gasteiger partial charge in [-0.1, -0.05) is 11.8 Å². The minimum absolute atomic E-state index is 0.282. The number of aliphatic hydroxyl groups excluding tert-OH is 2. The first-order valence-corrected chi connectivity index (χ1v) is 6.42. The minimum Gasteiger partial charge on any atom is -0.392 e. The number of hydrogen-bond acceptors (Lipinski definition) is 3. The molecule has 0 saturated carbocycles. The minimum atomic E-state index is -0.421. The summed E-state index contributed by atoms with van der Waals surface area (Å²) in [6.07, 6.45) is 0. The molecule has 0 saturated heterocycles. The van der Waals surface area contributed by atoms with Crippen molar-refractivity contribution in [2.75, 3.05) is 0 Å². The third-order valence-electron chi connectivity index (χ3n) is 2.61. The maximum Gasteiger partial charge on any atom is 0.123 e. The Labute approximate surface area is 113 Å². The van der Waals surface area contributed by atoms with Crippen LogP contribution in [0.1, 0.15) is 11.1 Å². The highest BCUT2D eigenvalue weighted by Gasteiger charge is 2.09. The molecular formula is C14H12F2O2S. The predicted molar refractivity (Wildman–Crippen MR) is 68.8 cm³/mol. The van der Waals surface area contributed by atoms with Crippen LogP contribution in [-0.2, 0) is 13.2 Å². The Morgan fingerprint density at radius 3 is 1.58 bits per heavy atom. The second-order valence-corrected chi connectivity index (χ2v) is 5.01. The molecule has 0 spiro atoms. The van der Waals surface area contributed by atoms with Crippen LogP contribution in [-0.4, -0.2) is 10.2 Å². The molecule has 0 atom stereocenters. The van der Waals surface area contributed by atoms with E-state index in [1.54, 1.807) is 12.1 Å². The summed E-state index contributed by atoms with van der Waals surface area (Å²) >= 11 is 1.25. The van der Waals surface area contributed by atoms with Gasteiger partial charge in [0.15, 0.2) is 0 Å². The monoisotopic (exact) mass is 282 g/mol. The van der Waals surface area contributed by atoms with Gasteiger partial charge in [-0.25, -0.2) is 8.78 Å². The standard InChI is InChI=1S/C14H12F2O2S/c15-11-1-3-13(9(5-11)7-17)19-14-4-2-12(16)6-10(14)8-18/h1-6,17-18H,7-8H2. The first-order chi connectivity index (χ1) is 9.13. The summed E-state index contributed by atoms with van der Waals surface area (Å²) < 4.78 is 26.1. The maximum absolute atomic E-state index is 13.1. The van der Waals surface area contributed by atoms with Gasteiger partial charge in [-0.3, -0.25) is 0 Å². The second-order valence-electron chi connectivity index (χ2n) is 3.92. The molecule has 0 heterocycles. The Morgan fingerprint density at radius 1 is 0.789 bits per heavy atom. The Morgan fingerprint density at radius 2 is 1.21 bits per heavy atom. The van der Waals surface area contributed by atoms with E-state index < -0.39 is 11.6 Å². The second kappa shape index (κ2) is 6.14. The molecule has 100 valence electrons. The van der Waals surface area contributed by atoms with Crippen molar-refractivity contribution in [1.82, 2.24) is 0 Å². The van der Waals surface area contributed by atoms with Crippen molar-refractivity contribution >= 4 is 11.8 Å². The molecule has 0 bridgehead atoms. The Bertz CT molecular complexity index is 536. The van der Waals surface area contributed by atoms with Gasteiger partial charge in [-0.05, 0) is 47.5 Å². The number of rotatable bonds is 4. The summed E-state index contributed by atoms with van der Waals surface area (Å²) in [5.41, 5.74) is 0.913. The van der Waals surface area contributed by atoms with Crippen molar-refractivity contribution in [3.05, 3.63) is 59.2 Å². The molecule has 0 unspecified atom stereocenters. The molecule has 19 heavy (non-hydrogen) atoms. The van der Waals surface area contributed by atoms with E-state index in [9.17, 15) is 19.0 Å². The lowest BCUT2D eigenvalue weighted by molar-refractivity contribution is 0.277. The van der Waals surface area contributed by atoms with E-state index in [0.29, 0.717) is 20.9 Å². The van der Waals surface area contributed by atoms with Crippen LogP contribution in [0.2, 0.25) is 0 Å². The molecule has 0 radical (unpaired) electrons. The molecule has 0 amide bonds. The highest BCUT2D eigenvalue weighted by molar-refractivity contribution is 7.99. The van der Waals surface area contributed by atoms with Crippen molar-refractivity contribution < 1.29 is 19.0 Å². The summed E-state index contributed by atoms with van der Waals surface area (Å²) in [4.78, 5) is 1.34. The van der Waals surface area contributed by atoms with E-state index in [2.05, 4.69) is 0 Å². The van der Waals surface area contributed by atoms with Gasteiger partial charge in [-0.15, -0.1) is 0 Å². The van der Waals surface area contributed by atoms with Crippen LogP contribution < -0.4 is 0 Å².